The molecule has 0 aromatic carbocycles. The minimum Gasteiger partial charge on any atom is -0.357 e. The largest absolute Gasteiger partial charge is 0.357 e. The number of aromatic nitrogens is 3. The normalized spacial score (nSPS) is 16.0. The Kier molecular flexibility index (Phi) is 3.99. The summed E-state index contributed by atoms with van der Waals surface area (Å²) in [6.07, 6.45) is 5.93. The average Bonchev–Trinajstić information content (AvgIpc) is 2.55. The fourth-order valence-corrected chi connectivity index (χ4v) is 2.85. The number of aryl methyl sites for hydroxylation is 1. The van der Waals surface area contributed by atoms with Crippen molar-refractivity contribution in [2.24, 2.45) is 0 Å². The van der Waals surface area contributed by atoms with E-state index in [9.17, 15) is 0 Å². The summed E-state index contributed by atoms with van der Waals surface area (Å²) in [5, 5.41) is 0. The van der Waals surface area contributed by atoms with Crippen LogP contribution in [0.4, 0.5) is 11.6 Å². The van der Waals surface area contributed by atoms with Crippen molar-refractivity contribution in [2.75, 3.05) is 29.9 Å². The third kappa shape index (κ3) is 3.12. The Labute approximate surface area is 125 Å². The zero-order chi connectivity index (χ0) is 14.7. The van der Waals surface area contributed by atoms with Gasteiger partial charge in [0.1, 0.15) is 17.5 Å². The van der Waals surface area contributed by atoms with Gasteiger partial charge in [0.05, 0.1) is 0 Å². The fourth-order valence-electron chi connectivity index (χ4n) is 2.85. The van der Waals surface area contributed by atoms with Crippen LogP contribution in [-0.4, -0.2) is 41.1 Å². The monoisotopic (exact) mass is 283 g/mol. The molecular formula is C16H21N5. The van der Waals surface area contributed by atoms with Crippen LogP contribution in [0.5, 0.6) is 0 Å². The molecule has 0 aliphatic carbocycles. The maximum atomic E-state index is 4.51. The molecule has 1 saturated heterocycles. The van der Waals surface area contributed by atoms with Crippen LogP contribution in [0, 0.1) is 6.92 Å². The van der Waals surface area contributed by atoms with Crippen molar-refractivity contribution in [3.8, 4) is 0 Å². The number of anilines is 2. The predicted octanol–water partition coefficient (Wildman–Crippen LogP) is 2.29. The Morgan fingerprint density at radius 2 is 1.90 bits per heavy atom. The number of pyridine rings is 1. The van der Waals surface area contributed by atoms with Crippen LogP contribution in [0.15, 0.2) is 36.7 Å². The highest BCUT2D eigenvalue weighted by molar-refractivity contribution is 5.41. The molecule has 0 bridgehead atoms. The Morgan fingerprint density at radius 3 is 2.57 bits per heavy atom. The molecule has 0 N–H and O–H groups in total. The fraction of sp³-hybridized carbons (Fsp3) is 0.438. The second kappa shape index (κ2) is 6.08. The van der Waals surface area contributed by atoms with Crippen LogP contribution in [0.3, 0.4) is 0 Å². The van der Waals surface area contributed by atoms with Gasteiger partial charge in [-0.05, 0) is 38.0 Å². The molecule has 2 aromatic rings. The molecule has 1 aliphatic rings. The van der Waals surface area contributed by atoms with Crippen molar-refractivity contribution in [1.82, 2.24) is 15.0 Å². The number of rotatable bonds is 3. The molecule has 110 valence electrons. The maximum Gasteiger partial charge on any atom is 0.132 e. The molecule has 5 heteroatoms. The van der Waals surface area contributed by atoms with Crippen LogP contribution in [0.1, 0.15) is 18.7 Å². The highest BCUT2D eigenvalue weighted by atomic mass is 15.2. The van der Waals surface area contributed by atoms with Gasteiger partial charge >= 0.3 is 0 Å². The number of hydrogen-bond donors (Lipinski definition) is 0. The van der Waals surface area contributed by atoms with Gasteiger partial charge in [0.25, 0.3) is 0 Å². The van der Waals surface area contributed by atoms with Gasteiger partial charge in [-0.1, -0.05) is 6.07 Å². The van der Waals surface area contributed by atoms with E-state index in [0.29, 0.717) is 6.04 Å². The standard InChI is InChI=1S/C16H21N5/c1-13-17-10-6-16(19-13)21-11-7-14(8-12-21)20(2)15-5-3-4-9-18-15/h3-6,9-10,14H,7-8,11-12H2,1-2H3. The van der Waals surface area contributed by atoms with Gasteiger partial charge in [-0.25, -0.2) is 15.0 Å². The first-order valence-corrected chi connectivity index (χ1v) is 7.42. The van der Waals surface area contributed by atoms with Crippen molar-refractivity contribution >= 4 is 11.6 Å². The molecule has 3 heterocycles. The first-order valence-electron chi connectivity index (χ1n) is 7.42. The highest BCUT2D eigenvalue weighted by Crippen LogP contribution is 2.22. The van der Waals surface area contributed by atoms with Crippen LogP contribution in [0.25, 0.3) is 0 Å². The van der Waals surface area contributed by atoms with Crippen LogP contribution in [0.2, 0.25) is 0 Å². The molecule has 21 heavy (non-hydrogen) atoms. The van der Waals surface area contributed by atoms with E-state index in [2.05, 4.69) is 37.9 Å². The van der Waals surface area contributed by atoms with Gasteiger partial charge in [-0.2, -0.15) is 0 Å². The molecule has 1 fully saturated rings. The summed E-state index contributed by atoms with van der Waals surface area (Å²) in [4.78, 5) is 17.8. The molecule has 0 amide bonds. The maximum absolute atomic E-state index is 4.51. The predicted molar refractivity (Wildman–Crippen MR) is 84.6 cm³/mol. The first kappa shape index (κ1) is 13.8. The first-order chi connectivity index (χ1) is 10.2. The van der Waals surface area contributed by atoms with Crippen LogP contribution >= 0.6 is 0 Å². The zero-order valence-corrected chi connectivity index (χ0v) is 12.6. The van der Waals surface area contributed by atoms with E-state index < -0.39 is 0 Å². The van der Waals surface area contributed by atoms with Crippen molar-refractivity contribution in [1.29, 1.82) is 0 Å². The van der Waals surface area contributed by atoms with E-state index >= 15 is 0 Å². The van der Waals surface area contributed by atoms with E-state index in [0.717, 1.165) is 43.4 Å². The summed E-state index contributed by atoms with van der Waals surface area (Å²) in [5.41, 5.74) is 0. The van der Waals surface area contributed by atoms with E-state index in [1.807, 2.05) is 37.5 Å². The topological polar surface area (TPSA) is 45.2 Å². The van der Waals surface area contributed by atoms with Crippen LogP contribution < -0.4 is 9.80 Å². The molecule has 0 radical (unpaired) electrons. The molecule has 0 spiro atoms. The summed E-state index contributed by atoms with van der Waals surface area (Å²) >= 11 is 0. The minimum absolute atomic E-state index is 0.541. The lowest BCUT2D eigenvalue weighted by Crippen LogP contribution is -2.44. The highest BCUT2D eigenvalue weighted by Gasteiger charge is 2.23. The van der Waals surface area contributed by atoms with Gasteiger partial charge in [0, 0.05) is 38.6 Å². The molecule has 0 atom stereocenters. The molecular weight excluding hydrogens is 262 g/mol. The molecule has 1 aliphatic heterocycles. The smallest absolute Gasteiger partial charge is 0.132 e. The van der Waals surface area contributed by atoms with Crippen molar-refractivity contribution in [2.45, 2.75) is 25.8 Å². The Morgan fingerprint density at radius 1 is 1.10 bits per heavy atom. The quantitative estimate of drug-likeness (QED) is 0.865. The van der Waals surface area contributed by atoms with Gasteiger partial charge < -0.3 is 9.80 Å². The van der Waals surface area contributed by atoms with Gasteiger partial charge in [0.15, 0.2) is 0 Å². The second-order valence-corrected chi connectivity index (χ2v) is 5.48. The number of hydrogen-bond acceptors (Lipinski definition) is 5. The number of nitrogens with zero attached hydrogens (tertiary/aromatic N) is 5. The second-order valence-electron chi connectivity index (χ2n) is 5.48. The molecule has 3 rings (SSSR count). The SMILES string of the molecule is Cc1nccc(N2CCC(N(C)c3ccccn3)CC2)n1. The zero-order valence-electron chi connectivity index (χ0n) is 12.6. The van der Waals surface area contributed by atoms with Crippen molar-refractivity contribution in [3.05, 3.63) is 42.5 Å². The van der Waals surface area contributed by atoms with E-state index in [1.54, 1.807) is 0 Å². The summed E-state index contributed by atoms with van der Waals surface area (Å²) in [7, 11) is 2.14. The van der Waals surface area contributed by atoms with E-state index in [4.69, 9.17) is 0 Å². The Hall–Kier alpha value is -2.17. The third-order valence-electron chi connectivity index (χ3n) is 4.11. The Bertz CT molecular complexity index is 578. The average molecular weight is 283 g/mol. The lowest BCUT2D eigenvalue weighted by Gasteiger charge is -2.37. The number of piperidine rings is 1. The van der Waals surface area contributed by atoms with Gasteiger partial charge in [0.2, 0.25) is 0 Å². The summed E-state index contributed by atoms with van der Waals surface area (Å²) in [6.45, 7) is 3.99. The summed E-state index contributed by atoms with van der Waals surface area (Å²) in [6, 6.07) is 8.60. The van der Waals surface area contributed by atoms with Gasteiger partial charge in [-0.15, -0.1) is 0 Å². The molecule has 0 unspecified atom stereocenters. The summed E-state index contributed by atoms with van der Waals surface area (Å²) in [5.74, 6) is 2.93. The molecule has 0 saturated carbocycles. The van der Waals surface area contributed by atoms with E-state index in [-0.39, 0.29) is 0 Å². The van der Waals surface area contributed by atoms with Gasteiger partial charge in [-0.3, -0.25) is 0 Å². The van der Waals surface area contributed by atoms with E-state index in [1.165, 1.54) is 0 Å². The lowest BCUT2D eigenvalue weighted by atomic mass is 10.0. The lowest BCUT2D eigenvalue weighted by molar-refractivity contribution is 0.477. The Balaban J connectivity index is 1.63. The molecule has 5 nitrogen and oxygen atoms in total. The van der Waals surface area contributed by atoms with Crippen LogP contribution in [-0.2, 0) is 0 Å². The minimum atomic E-state index is 0.541. The summed E-state index contributed by atoms with van der Waals surface area (Å²) < 4.78 is 0. The molecule has 2 aromatic heterocycles. The third-order valence-corrected chi connectivity index (χ3v) is 4.11. The van der Waals surface area contributed by atoms with Crippen molar-refractivity contribution < 1.29 is 0 Å². The van der Waals surface area contributed by atoms with Crippen molar-refractivity contribution in [3.63, 3.8) is 0 Å².